The van der Waals surface area contributed by atoms with Gasteiger partial charge in [-0.3, -0.25) is 4.79 Å². The molecule has 0 saturated heterocycles. The first-order valence-electron chi connectivity index (χ1n) is 7.99. The summed E-state index contributed by atoms with van der Waals surface area (Å²) in [6, 6.07) is 10.1. The molecule has 1 atom stereocenters. The molecule has 0 saturated carbocycles. The Labute approximate surface area is 139 Å². The van der Waals surface area contributed by atoms with Crippen molar-refractivity contribution in [2.75, 3.05) is 0 Å². The molecule has 0 bridgehead atoms. The number of hydrogen-bond acceptors (Lipinski definition) is 4. The van der Waals surface area contributed by atoms with Crippen LogP contribution >= 0.6 is 0 Å². The fraction of sp³-hybridized carbons (Fsp3) is 0.263. The van der Waals surface area contributed by atoms with Gasteiger partial charge in [0.1, 0.15) is 17.4 Å². The number of aromatic nitrogens is 1. The Kier molecular flexibility index (Phi) is 3.20. The normalized spacial score (nSPS) is 20.8. The van der Waals surface area contributed by atoms with E-state index in [2.05, 4.69) is 6.07 Å². The van der Waals surface area contributed by atoms with Crippen LogP contribution in [0.25, 0.3) is 10.9 Å². The number of nitrogens with zero attached hydrogens (tertiary/aromatic N) is 2. The molecule has 2 N–H and O–H groups in total. The van der Waals surface area contributed by atoms with Crippen LogP contribution in [0.15, 0.2) is 53.3 Å². The monoisotopic (exact) mass is 319 g/mol. The molecule has 0 amide bonds. The summed E-state index contributed by atoms with van der Waals surface area (Å²) in [5, 5.41) is 10.7. The highest BCUT2D eigenvalue weighted by Gasteiger charge is 2.39. The number of ketones is 1. The SMILES string of the molecule is Cn1cc(C2C(C#N)=C(N)OC3=C2C(=O)CCC3)c2ccccc21. The fourth-order valence-corrected chi connectivity index (χ4v) is 3.77. The summed E-state index contributed by atoms with van der Waals surface area (Å²) in [4.78, 5) is 12.6. The number of para-hydroxylation sites is 1. The van der Waals surface area contributed by atoms with E-state index in [-0.39, 0.29) is 11.7 Å². The van der Waals surface area contributed by atoms with Gasteiger partial charge in [0.25, 0.3) is 0 Å². The number of fused-ring (bicyclic) bond motifs is 1. The quantitative estimate of drug-likeness (QED) is 0.876. The predicted octanol–water partition coefficient (Wildman–Crippen LogP) is 2.99. The molecule has 2 aromatic rings. The Balaban J connectivity index is 2.01. The first kappa shape index (κ1) is 14.6. The molecule has 2 heterocycles. The van der Waals surface area contributed by atoms with Gasteiger partial charge in [0, 0.05) is 42.6 Å². The van der Waals surface area contributed by atoms with Crippen molar-refractivity contribution in [3.05, 3.63) is 58.8 Å². The molecule has 24 heavy (non-hydrogen) atoms. The molecule has 1 aliphatic carbocycles. The maximum absolute atomic E-state index is 12.6. The molecule has 0 fully saturated rings. The van der Waals surface area contributed by atoms with Crippen LogP contribution in [0.2, 0.25) is 0 Å². The van der Waals surface area contributed by atoms with Crippen molar-refractivity contribution in [2.24, 2.45) is 12.8 Å². The number of benzene rings is 1. The molecular weight excluding hydrogens is 302 g/mol. The van der Waals surface area contributed by atoms with Crippen molar-refractivity contribution in [1.82, 2.24) is 4.57 Å². The van der Waals surface area contributed by atoms with Gasteiger partial charge < -0.3 is 15.0 Å². The van der Waals surface area contributed by atoms with E-state index < -0.39 is 5.92 Å². The largest absolute Gasteiger partial charge is 0.444 e. The number of rotatable bonds is 1. The Morgan fingerprint density at radius 3 is 2.92 bits per heavy atom. The summed E-state index contributed by atoms with van der Waals surface area (Å²) in [5.41, 5.74) is 8.91. The number of allylic oxidation sites excluding steroid dienone is 3. The second kappa shape index (κ2) is 5.27. The second-order valence-corrected chi connectivity index (χ2v) is 6.25. The summed E-state index contributed by atoms with van der Waals surface area (Å²) >= 11 is 0. The summed E-state index contributed by atoms with van der Waals surface area (Å²) in [7, 11) is 1.96. The van der Waals surface area contributed by atoms with Crippen LogP contribution < -0.4 is 5.73 Å². The van der Waals surface area contributed by atoms with Crippen LogP contribution in [0.4, 0.5) is 0 Å². The van der Waals surface area contributed by atoms with Gasteiger partial charge in [-0.15, -0.1) is 0 Å². The minimum absolute atomic E-state index is 0.0504. The number of Topliss-reactive ketones (excluding diaryl/α,β-unsaturated/α-hetero) is 1. The van der Waals surface area contributed by atoms with E-state index in [9.17, 15) is 10.1 Å². The smallest absolute Gasteiger partial charge is 0.205 e. The highest BCUT2D eigenvalue weighted by molar-refractivity contribution is 6.00. The van der Waals surface area contributed by atoms with Crippen molar-refractivity contribution in [2.45, 2.75) is 25.2 Å². The van der Waals surface area contributed by atoms with Crippen LogP contribution in [-0.4, -0.2) is 10.4 Å². The third-order valence-corrected chi connectivity index (χ3v) is 4.84. The second-order valence-electron chi connectivity index (χ2n) is 6.25. The summed E-state index contributed by atoms with van der Waals surface area (Å²) in [6.45, 7) is 0. The number of hydrogen-bond donors (Lipinski definition) is 1. The molecule has 4 rings (SSSR count). The van der Waals surface area contributed by atoms with E-state index in [0.717, 1.165) is 22.9 Å². The number of aryl methyl sites for hydroxylation is 1. The molecule has 5 nitrogen and oxygen atoms in total. The zero-order valence-electron chi connectivity index (χ0n) is 13.4. The minimum atomic E-state index is -0.447. The lowest BCUT2D eigenvalue weighted by molar-refractivity contribution is -0.116. The lowest BCUT2D eigenvalue weighted by atomic mass is 9.77. The van der Waals surface area contributed by atoms with E-state index >= 15 is 0 Å². The highest BCUT2D eigenvalue weighted by atomic mass is 16.5. The van der Waals surface area contributed by atoms with Crippen LogP contribution in [0.3, 0.4) is 0 Å². The number of ether oxygens (including phenoxy) is 1. The summed E-state index contributed by atoms with van der Waals surface area (Å²) in [6.07, 6.45) is 3.91. The zero-order chi connectivity index (χ0) is 16.8. The maximum Gasteiger partial charge on any atom is 0.205 e. The molecular formula is C19H17N3O2. The van der Waals surface area contributed by atoms with Crippen molar-refractivity contribution in [3.63, 3.8) is 0 Å². The average molecular weight is 319 g/mol. The Morgan fingerprint density at radius 1 is 1.33 bits per heavy atom. The lowest BCUT2D eigenvalue weighted by Gasteiger charge is -2.30. The Hall–Kier alpha value is -3.00. The molecule has 0 radical (unpaired) electrons. The van der Waals surface area contributed by atoms with Crippen LogP contribution in [0.1, 0.15) is 30.7 Å². The molecule has 1 unspecified atom stereocenters. The fourth-order valence-electron chi connectivity index (χ4n) is 3.77. The number of carbonyl (C=O) groups is 1. The predicted molar refractivity (Wildman–Crippen MR) is 89.5 cm³/mol. The molecule has 1 aliphatic heterocycles. The van der Waals surface area contributed by atoms with Crippen LogP contribution in [0, 0.1) is 11.3 Å². The number of nitrogens with two attached hydrogens (primary N) is 1. The van der Waals surface area contributed by atoms with E-state index in [1.165, 1.54) is 0 Å². The van der Waals surface area contributed by atoms with E-state index in [4.69, 9.17) is 10.5 Å². The van der Waals surface area contributed by atoms with Gasteiger partial charge in [0.05, 0.1) is 5.92 Å². The average Bonchev–Trinajstić information content (AvgIpc) is 2.91. The van der Waals surface area contributed by atoms with Gasteiger partial charge >= 0.3 is 0 Å². The standard InChI is InChI=1S/C19H17N3O2/c1-22-10-13(11-5-2-3-6-14(11)22)17-12(9-20)19(21)24-16-8-4-7-15(23)18(16)17/h2-3,5-6,10,17H,4,7-8,21H2,1H3. The van der Waals surface area contributed by atoms with Gasteiger partial charge in [0.15, 0.2) is 5.78 Å². The van der Waals surface area contributed by atoms with Crippen molar-refractivity contribution in [3.8, 4) is 6.07 Å². The van der Waals surface area contributed by atoms with E-state index in [1.807, 2.05) is 42.1 Å². The molecule has 1 aromatic carbocycles. The molecule has 1 aromatic heterocycles. The van der Waals surface area contributed by atoms with Gasteiger partial charge in [-0.05, 0) is 18.1 Å². The molecule has 0 spiro atoms. The van der Waals surface area contributed by atoms with Gasteiger partial charge in [-0.2, -0.15) is 5.26 Å². The van der Waals surface area contributed by atoms with Gasteiger partial charge in [-0.1, -0.05) is 18.2 Å². The third kappa shape index (κ3) is 1.96. The summed E-state index contributed by atoms with van der Waals surface area (Å²) < 4.78 is 7.63. The van der Waals surface area contributed by atoms with Gasteiger partial charge in [-0.25, -0.2) is 0 Å². The first-order valence-corrected chi connectivity index (χ1v) is 7.99. The van der Waals surface area contributed by atoms with Crippen LogP contribution in [-0.2, 0) is 16.6 Å². The minimum Gasteiger partial charge on any atom is -0.444 e. The van der Waals surface area contributed by atoms with E-state index in [1.54, 1.807) is 0 Å². The van der Waals surface area contributed by atoms with Crippen molar-refractivity contribution < 1.29 is 9.53 Å². The molecule has 2 aliphatic rings. The van der Waals surface area contributed by atoms with Crippen molar-refractivity contribution in [1.29, 1.82) is 5.26 Å². The zero-order valence-corrected chi connectivity index (χ0v) is 13.4. The third-order valence-electron chi connectivity index (χ3n) is 4.84. The maximum atomic E-state index is 12.6. The number of carbonyl (C=O) groups excluding carboxylic acids is 1. The van der Waals surface area contributed by atoms with Gasteiger partial charge in [0.2, 0.25) is 5.88 Å². The van der Waals surface area contributed by atoms with E-state index in [0.29, 0.717) is 29.7 Å². The Bertz CT molecular complexity index is 972. The number of nitriles is 1. The van der Waals surface area contributed by atoms with Crippen molar-refractivity contribution >= 4 is 16.7 Å². The summed E-state index contributed by atoms with van der Waals surface area (Å²) in [5.74, 6) is 0.344. The topological polar surface area (TPSA) is 81.0 Å². The highest BCUT2D eigenvalue weighted by Crippen LogP contribution is 2.45. The lowest BCUT2D eigenvalue weighted by Crippen LogP contribution is -2.27. The first-order chi connectivity index (χ1) is 11.6. The van der Waals surface area contributed by atoms with Crippen LogP contribution in [0.5, 0.6) is 0 Å². The molecule has 120 valence electrons. The molecule has 5 heteroatoms. The Morgan fingerprint density at radius 2 is 2.12 bits per heavy atom.